The SMILES string of the molecule is CCNC(=NCc1cccc(OCC(=O)NC2CC2)c1)N1CCC(C)C(n2ccnc2)C1. The van der Waals surface area contributed by atoms with E-state index in [-0.39, 0.29) is 12.5 Å². The van der Waals surface area contributed by atoms with E-state index < -0.39 is 0 Å². The highest BCUT2D eigenvalue weighted by Crippen LogP contribution is 2.27. The van der Waals surface area contributed by atoms with Crippen LogP contribution in [0, 0.1) is 5.92 Å². The average Bonchev–Trinajstić information content (AvgIpc) is 3.44. The van der Waals surface area contributed by atoms with E-state index in [9.17, 15) is 4.79 Å². The van der Waals surface area contributed by atoms with Gasteiger partial charge in [-0.15, -0.1) is 0 Å². The zero-order valence-corrected chi connectivity index (χ0v) is 19.0. The van der Waals surface area contributed by atoms with Crippen LogP contribution >= 0.6 is 0 Å². The number of piperidine rings is 1. The van der Waals surface area contributed by atoms with Gasteiger partial charge < -0.3 is 24.8 Å². The number of imidazole rings is 1. The van der Waals surface area contributed by atoms with Gasteiger partial charge in [-0.25, -0.2) is 9.98 Å². The molecule has 0 radical (unpaired) electrons. The van der Waals surface area contributed by atoms with Crippen molar-refractivity contribution in [2.75, 3.05) is 26.2 Å². The van der Waals surface area contributed by atoms with E-state index in [1.807, 2.05) is 43.0 Å². The number of likely N-dealkylation sites (tertiary alicyclic amines) is 1. The summed E-state index contributed by atoms with van der Waals surface area (Å²) >= 11 is 0. The molecular weight excluding hydrogens is 404 g/mol. The van der Waals surface area contributed by atoms with E-state index in [0.717, 1.165) is 50.4 Å². The largest absolute Gasteiger partial charge is 0.484 e. The van der Waals surface area contributed by atoms with E-state index >= 15 is 0 Å². The minimum Gasteiger partial charge on any atom is -0.484 e. The van der Waals surface area contributed by atoms with Crippen LogP contribution in [0.5, 0.6) is 5.75 Å². The monoisotopic (exact) mass is 438 g/mol. The van der Waals surface area contributed by atoms with Gasteiger partial charge in [0, 0.05) is 38.1 Å². The first-order valence-corrected chi connectivity index (χ1v) is 11.6. The molecule has 172 valence electrons. The van der Waals surface area contributed by atoms with Crippen LogP contribution < -0.4 is 15.4 Å². The van der Waals surface area contributed by atoms with Gasteiger partial charge in [-0.2, -0.15) is 0 Å². The molecule has 1 aromatic carbocycles. The first-order chi connectivity index (χ1) is 15.6. The molecule has 8 heteroatoms. The van der Waals surface area contributed by atoms with Crippen molar-refractivity contribution in [3.05, 3.63) is 48.5 Å². The molecule has 1 aliphatic carbocycles. The lowest BCUT2D eigenvalue weighted by atomic mass is 9.93. The molecule has 2 heterocycles. The lowest BCUT2D eigenvalue weighted by Crippen LogP contribution is -2.49. The molecule has 1 saturated heterocycles. The van der Waals surface area contributed by atoms with Crippen molar-refractivity contribution in [3.63, 3.8) is 0 Å². The molecular formula is C24H34N6O2. The van der Waals surface area contributed by atoms with Gasteiger partial charge in [-0.1, -0.05) is 19.1 Å². The highest BCUT2D eigenvalue weighted by molar-refractivity contribution is 5.80. The highest BCUT2D eigenvalue weighted by atomic mass is 16.5. The Balaban J connectivity index is 1.37. The third kappa shape index (κ3) is 6.02. The smallest absolute Gasteiger partial charge is 0.258 e. The molecule has 1 aliphatic heterocycles. The van der Waals surface area contributed by atoms with E-state index in [1.165, 1.54) is 0 Å². The van der Waals surface area contributed by atoms with Crippen molar-refractivity contribution in [2.45, 2.75) is 51.7 Å². The molecule has 0 spiro atoms. The standard InChI is InChI=1S/C24H34N6O2/c1-3-26-24(29-11-9-18(2)22(15-29)30-12-10-25-17-30)27-14-19-5-4-6-21(13-19)32-16-23(31)28-20-7-8-20/h4-6,10,12-13,17-18,20,22H,3,7-9,11,14-16H2,1-2H3,(H,26,27)(H,28,31). The summed E-state index contributed by atoms with van der Waals surface area (Å²) in [6.07, 6.45) is 9.06. The number of nitrogens with zero attached hydrogens (tertiary/aromatic N) is 4. The van der Waals surface area contributed by atoms with Gasteiger partial charge in [0.25, 0.3) is 5.91 Å². The summed E-state index contributed by atoms with van der Waals surface area (Å²) in [5, 5.41) is 6.39. The van der Waals surface area contributed by atoms with Crippen LogP contribution in [0.4, 0.5) is 0 Å². The van der Waals surface area contributed by atoms with E-state index in [1.54, 1.807) is 0 Å². The van der Waals surface area contributed by atoms with Crippen molar-refractivity contribution in [2.24, 2.45) is 10.9 Å². The molecule has 2 aliphatic rings. The van der Waals surface area contributed by atoms with Crippen molar-refractivity contribution in [3.8, 4) is 5.75 Å². The Morgan fingerprint density at radius 2 is 2.19 bits per heavy atom. The summed E-state index contributed by atoms with van der Waals surface area (Å²) in [4.78, 5) is 23.3. The number of benzene rings is 1. The Morgan fingerprint density at radius 3 is 2.94 bits per heavy atom. The van der Waals surface area contributed by atoms with Crippen LogP contribution in [-0.4, -0.2) is 58.6 Å². The molecule has 2 N–H and O–H groups in total. The normalized spacial score (nSPS) is 21.3. The topological polar surface area (TPSA) is 83.8 Å². The molecule has 1 saturated carbocycles. The number of hydrogen-bond donors (Lipinski definition) is 2. The fourth-order valence-corrected chi connectivity index (χ4v) is 4.07. The van der Waals surface area contributed by atoms with Gasteiger partial charge in [-0.05, 0) is 49.8 Å². The predicted molar refractivity (Wildman–Crippen MR) is 125 cm³/mol. The summed E-state index contributed by atoms with van der Waals surface area (Å²) in [6.45, 7) is 7.71. The van der Waals surface area contributed by atoms with Gasteiger partial charge in [0.2, 0.25) is 0 Å². The summed E-state index contributed by atoms with van der Waals surface area (Å²) in [5.74, 6) is 2.16. The minimum absolute atomic E-state index is 0.0491. The van der Waals surface area contributed by atoms with E-state index in [0.29, 0.717) is 30.3 Å². The molecule has 1 amide bonds. The number of aliphatic imine (C=N–C) groups is 1. The maximum absolute atomic E-state index is 11.9. The Labute approximate surface area is 190 Å². The van der Waals surface area contributed by atoms with Gasteiger partial charge in [0.05, 0.1) is 18.9 Å². The van der Waals surface area contributed by atoms with Gasteiger partial charge in [0.1, 0.15) is 5.75 Å². The van der Waals surface area contributed by atoms with Crippen LogP contribution in [0.2, 0.25) is 0 Å². The van der Waals surface area contributed by atoms with Crippen LogP contribution in [0.25, 0.3) is 0 Å². The number of amides is 1. The lowest BCUT2D eigenvalue weighted by molar-refractivity contribution is -0.123. The molecule has 2 atom stereocenters. The Bertz CT molecular complexity index is 909. The Hall–Kier alpha value is -3.03. The predicted octanol–water partition coefficient (Wildman–Crippen LogP) is 2.59. The first kappa shape index (κ1) is 22.2. The van der Waals surface area contributed by atoms with Crippen molar-refractivity contribution < 1.29 is 9.53 Å². The highest BCUT2D eigenvalue weighted by Gasteiger charge is 2.29. The van der Waals surface area contributed by atoms with Crippen molar-refractivity contribution in [1.82, 2.24) is 25.1 Å². The Morgan fingerprint density at radius 1 is 1.31 bits per heavy atom. The zero-order valence-electron chi connectivity index (χ0n) is 19.0. The molecule has 0 bridgehead atoms. The van der Waals surface area contributed by atoms with Crippen molar-refractivity contribution in [1.29, 1.82) is 0 Å². The van der Waals surface area contributed by atoms with E-state index in [2.05, 4.69) is 38.9 Å². The second-order valence-electron chi connectivity index (χ2n) is 8.74. The Kier molecular flexibility index (Phi) is 7.29. The molecule has 2 fully saturated rings. The fraction of sp³-hybridized carbons (Fsp3) is 0.542. The summed E-state index contributed by atoms with van der Waals surface area (Å²) in [6, 6.07) is 8.56. The van der Waals surface area contributed by atoms with Crippen molar-refractivity contribution >= 4 is 11.9 Å². The molecule has 4 rings (SSSR count). The number of nitrogens with one attached hydrogen (secondary N) is 2. The molecule has 32 heavy (non-hydrogen) atoms. The molecule has 1 aromatic heterocycles. The number of ether oxygens (including phenoxy) is 1. The zero-order chi connectivity index (χ0) is 22.3. The van der Waals surface area contributed by atoms with Crippen LogP contribution in [0.15, 0.2) is 48.0 Å². The molecule has 2 unspecified atom stereocenters. The third-order valence-corrected chi connectivity index (χ3v) is 6.08. The number of aromatic nitrogens is 2. The van der Waals surface area contributed by atoms with Crippen LogP contribution in [0.1, 0.15) is 44.7 Å². The van der Waals surface area contributed by atoms with Crippen LogP contribution in [-0.2, 0) is 11.3 Å². The van der Waals surface area contributed by atoms with Gasteiger partial charge in [0.15, 0.2) is 12.6 Å². The number of guanidine groups is 1. The number of carbonyl (C=O) groups is 1. The third-order valence-electron chi connectivity index (χ3n) is 6.08. The quantitative estimate of drug-likeness (QED) is 0.489. The van der Waals surface area contributed by atoms with Gasteiger partial charge in [-0.3, -0.25) is 4.79 Å². The fourth-order valence-electron chi connectivity index (χ4n) is 4.07. The van der Waals surface area contributed by atoms with E-state index in [4.69, 9.17) is 9.73 Å². The first-order valence-electron chi connectivity index (χ1n) is 11.6. The molecule has 8 nitrogen and oxygen atoms in total. The van der Waals surface area contributed by atoms with Crippen LogP contribution in [0.3, 0.4) is 0 Å². The van der Waals surface area contributed by atoms with Gasteiger partial charge >= 0.3 is 0 Å². The summed E-state index contributed by atoms with van der Waals surface area (Å²) in [7, 11) is 0. The lowest BCUT2D eigenvalue weighted by Gasteiger charge is -2.39. The summed E-state index contributed by atoms with van der Waals surface area (Å²) < 4.78 is 7.89. The number of hydrogen-bond acceptors (Lipinski definition) is 4. The minimum atomic E-state index is -0.0582. The number of carbonyl (C=O) groups excluding carboxylic acids is 1. The maximum Gasteiger partial charge on any atom is 0.258 e. The molecule has 2 aromatic rings. The maximum atomic E-state index is 11.9. The second-order valence-corrected chi connectivity index (χ2v) is 8.74. The summed E-state index contributed by atoms with van der Waals surface area (Å²) in [5.41, 5.74) is 1.05. The number of rotatable bonds is 8. The second kappa shape index (κ2) is 10.5. The average molecular weight is 439 g/mol.